The Kier molecular flexibility index (Phi) is 6.20. The van der Waals surface area contributed by atoms with Crippen LogP contribution < -0.4 is 10.9 Å². The number of carbonyl (C=O) groups is 1. The monoisotopic (exact) mass is 345 g/mol. The van der Waals surface area contributed by atoms with Crippen molar-refractivity contribution in [2.75, 3.05) is 5.32 Å². The van der Waals surface area contributed by atoms with Crippen LogP contribution in [-0.4, -0.2) is 21.1 Å². The van der Waals surface area contributed by atoms with Gasteiger partial charge in [-0.3, -0.25) is 9.59 Å². The van der Waals surface area contributed by atoms with E-state index >= 15 is 0 Å². The molecule has 2 N–H and O–H groups in total. The SMILES string of the molecule is CCCc1cc(=O)[nH]c(S[C@H](C)C(=O)Nc2cc(C)ccc2C)n1. The third-order valence-corrected chi connectivity index (χ3v) is 4.57. The summed E-state index contributed by atoms with van der Waals surface area (Å²) in [6, 6.07) is 7.45. The molecule has 0 radical (unpaired) electrons. The third-order valence-electron chi connectivity index (χ3n) is 3.59. The van der Waals surface area contributed by atoms with Crippen LogP contribution in [0.5, 0.6) is 0 Å². The van der Waals surface area contributed by atoms with Crippen molar-refractivity contribution in [2.45, 2.75) is 50.9 Å². The zero-order valence-electron chi connectivity index (χ0n) is 14.5. The minimum atomic E-state index is -0.370. The molecule has 2 aromatic rings. The van der Waals surface area contributed by atoms with Crippen LogP contribution in [-0.2, 0) is 11.2 Å². The quantitative estimate of drug-likeness (QED) is 0.621. The molecule has 1 aromatic heterocycles. The van der Waals surface area contributed by atoms with Gasteiger partial charge in [-0.25, -0.2) is 4.98 Å². The summed E-state index contributed by atoms with van der Waals surface area (Å²) in [6.07, 6.45) is 1.67. The number of thioether (sulfide) groups is 1. The Morgan fingerprint density at radius 1 is 1.33 bits per heavy atom. The van der Waals surface area contributed by atoms with E-state index < -0.39 is 0 Å². The number of nitrogens with one attached hydrogen (secondary N) is 2. The number of H-pyrrole nitrogens is 1. The molecule has 1 aromatic carbocycles. The van der Waals surface area contributed by atoms with Crippen molar-refractivity contribution in [3.63, 3.8) is 0 Å². The van der Waals surface area contributed by atoms with E-state index in [9.17, 15) is 9.59 Å². The van der Waals surface area contributed by atoms with E-state index in [4.69, 9.17) is 0 Å². The Balaban J connectivity index is 2.09. The minimum absolute atomic E-state index is 0.114. The summed E-state index contributed by atoms with van der Waals surface area (Å²) in [4.78, 5) is 31.2. The molecule has 128 valence electrons. The van der Waals surface area contributed by atoms with E-state index in [1.807, 2.05) is 39.0 Å². The second-order valence-corrected chi connectivity index (χ2v) is 7.19. The summed E-state index contributed by atoms with van der Waals surface area (Å²) in [7, 11) is 0. The number of anilines is 1. The van der Waals surface area contributed by atoms with Crippen LogP contribution in [0.1, 0.15) is 37.1 Å². The van der Waals surface area contributed by atoms with E-state index in [1.54, 1.807) is 6.92 Å². The Morgan fingerprint density at radius 2 is 2.08 bits per heavy atom. The average molecular weight is 345 g/mol. The number of rotatable bonds is 6. The van der Waals surface area contributed by atoms with E-state index in [-0.39, 0.29) is 16.7 Å². The van der Waals surface area contributed by atoms with Crippen LogP contribution in [0.2, 0.25) is 0 Å². The zero-order valence-corrected chi connectivity index (χ0v) is 15.3. The lowest BCUT2D eigenvalue weighted by molar-refractivity contribution is -0.115. The normalized spacial score (nSPS) is 12.0. The second-order valence-electron chi connectivity index (χ2n) is 5.86. The first-order valence-corrected chi connectivity index (χ1v) is 8.92. The smallest absolute Gasteiger partial charge is 0.251 e. The predicted octanol–water partition coefficient (Wildman–Crippen LogP) is 3.46. The van der Waals surface area contributed by atoms with Crippen LogP contribution in [0, 0.1) is 13.8 Å². The second kappa shape index (κ2) is 8.15. The van der Waals surface area contributed by atoms with Crippen LogP contribution in [0.25, 0.3) is 0 Å². The molecule has 0 aliphatic carbocycles. The van der Waals surface area contributed by atoms with Crippen molar-refractivity contribution in [2.24, 2.45) is 0 Å². The summed E-state index contributed by atoms with van der Waals surface area (Å²) in [5.74, 6) is -0.114. The van der Waals surface area contributed by atoms with Crippen molar-refractivity contribution >= 4 is 23.4 Å². The molecule has 1 atom stereocenters. The molecule has 5 nitrogen and oxygen atoms in total. The van der Waals surface area contributed by atoms with Gasteiger partial charge in [0, 0.05) is 17.4 Å². The first kappa shape index (κ1) is 18.3. The molecular formula is C18H23N3O2S. The number of benzene rings is 1. The lowest BCUT2D eigenvalue weighted by atomic mass is 10.1. The first-order chi connectivity index (χ1) is 11.4. The van der Waals surface area contributed by atoms with Gasteiger partial charge in [-0.2, -0.15) is 0 Å². The average Bonchev–Trinajstić information content (AvgIpc) is 2.50. The van der Waals surface area contributed by atoms with E-state index in [1.165, 1.54) is 17.8 Å². The van der Waals surface area contributed by atoms with Gasteiger partial charge in [0.1, 0.15) is 0 Å². The number of hydrogen-bond donors (Lipinski definition) is 2. The zero-order chi connectivity index (χ0) is 17.7. The highest BCUT2D eigenvalue weighted by atomic mass is 32.2. The van der Waals surface area contributed by atoms with E-state index in [0.717, 1.165) is 35.3 Å². The number of nitrogens with zero attached hydrogens (tertiary/aromatic N) is 1. The molecule has 1 amide bonds. The molecule has 0 saturated carbocycles. The van der Waals surface area contributed by atoms with Crippen LogP contribution >= 0.6 is 11.8 Å². The van der Waals surface area contributed by atoms with Gasteiger partial charge in [0.05, 0.1) is 5.25 Å². The molecule has 1 heterocycles. The number of aryl methyl sites for hydroxylation is 3. The summed E-state index contributed by atoms with van der Waals surface area (Å²) in [6.45, 7) is 7.79. The van der Waals surface area contributed by atoms with Gasteiger partial charge < -0.3 is 10.3 Å². The van der Waals surface area contributed by atoms with Crippen molar-refractivity contribution in [1.82, 2.24) is 9.97 Å². The third kappa shape index (κ3) is 4.96. The number of carbonyl (C=O) groups excluding carboxylic acids is 1. The van der Waals surface area contributed by atoms with Crippen molar-refractivity contribution in [3.8, 4) is 0 Å². The first-order valence-electron chi connectivity index (χ1n) is 8.04. The molecule has 0 saturated heterocycles. The summed E-state index contributed by atoms with van der Waals surface area (Å²) >= 11 is 1.26. The van der Waals surface area contributed by atoms with Gasteiger partial charge in [-0.1, -0.05) is 37.2 Å². The highest BCUT2D eigenvalue weighted by Gasteiger charge is 2.17. The summed E-state index contributed by atoms with van der Waals surface area (Å²) < 4.78 is 0. The fraction of sp³-hybridized carbons (Fsp3) is 0.389. The molecule has 2 rings (SSSR count). The highest BCUT2D eigenvalue weighted by Crippen LogP contribution is 2.22. The number of aromatic amines is 1. The maximum absolute atomic E-state index is 12.4. The summed E-state index contributed by atoms with van der Waals surface area (Å²) in [5.41, 5.74) is 3.50. The fourth-order valence-electron chi connectivity index (χ4n) is 2.25. The number of hydrogen-bond acceptors (Lipinski definition) is 4. The molecule has 0 spiro atoms. The van der Waals surface area contributed by atoms with Crippen LogP contribution in [0.15, 0.2) is 34.2 Å². The molecule has 0 aliphatic heterocycles. The molecule has 6 heteroatoms. The van der Waals surface area contributed by atoms with Gasteiger partial charge in [0.15, 0.2) is 5.16 Å². The van der Waals surface area contributed by atoms with Crippen molar-refractivity contribution < 1.29 is 4.79 Å². The molecular weight excluding hydrogens is 322 g/mol. The van der Waals surface area contributed by atoms with Gasteiger partial charge in [-0.05, 0) is 44.4 Å². The predicted molar refractivity (Wildman–Crippen MR) is 98.7 cm³/mol. The number of amides is 1. The van der Waals surface area contributed by atoms with Crippen molar-refractivity contribution in [1.29, 1.82) is 0 Å². The Labute approximate surface area is 146 Å². The lowest BCUT2D eigenvalue weighted by Gasteiger charge is -2.14. The molecule has 0 fully saturated rings. The lowest BCUT2D eigenvalue weighted by Crippen LogP contribution is -2.23. The molecule has 0 bridgehead atoms. The summed E-state index contributed by atoms with van der Waals surface area (Å²) in [5, 5.41) is 3.06. The Morgan fingerprint density at radius 3 is 2.79 bits per heavy atom. The maximum Gasteiger partial charge on any atom is 0.251 e. The fourth-order valence-corrected chi connectivity index (χ4v) is 3.08. The van der Waals surface area contributed by atoms with Gasteiger partial charge in [0.2, 0.25) is 5.91 Å². The maximum atomic E-state index is 12.4. The molecule has 0 aliphatic rings. The number of aromatic nitrogens is 2. The molecule has 24 heavy (non-hydrogen) atoms. The van der Waals surface area contributed by atoms with Crippen LogP contribution in [0.3, 0.4) is 0 Å². The van der Waals surface area contributed by atoms with Crippen LogP contribution in [0.4, 0.5) is 5.69 Å². The van der Waals surface area contributed by atoms with Gasteiger partial charge >= 0.3 is 0 Å². The Bertz CT molecular complexity index is 786. The topological polar surface area (TPSA) is 74.8 Å². The van der Waals surface area contributed by atoms with Crippen molar-refractivity contribution in [3.05, 3.63) is 51.4 Å². The van der Waals surface area contributed by atoms with Gasteiger partial charge in [-0.15, -0.1) is 0 Å². The minimum Gasteiger partial charge on any atom is -0.325 e. The van der Waals surface area contributed by atoms with E-state index in [2.05, 4.69) is 15.3 Å². The van der Waals surface area contributed by atoms with Gasteiger partial charge in [0.25, 0.3) is 5.56 Å². The molecule has 0 unspecified atom stereocenters. The largest absolute Gasteiger partial charge is 0.325 e. The highest BCUT2D eigenvalue weighted by molar-refractivity contribution is 8.00. The van der Waals surface area contributed by atoms with E-state index in [0.29, 0.717) is 5.16 Å². The Hall–Kier alpha value is -2.08. The standard InChI is InChI=1S/C18H23N3O2S/c1-5-6-14-10-16(22)21-18(19-14)24-13(4)17(23)20-15-9-11(2)7-8-12(15)3/h7-10,13H,5-6H2,1-4H3,(H,20,23)(H,19,21,22)/t13-/m1/s1.